The van der Waals surface area contributed by atoms with Gasteiger partial charge < -0.3 is 0 Å². The van der Waals surface area contributed by atoms with Crippen molar-refractivity contribution in [1.29, 1.82) is 0 Å². The average molecular weight is 264 g/mol. The van der Waals surface area contributed by atoms with Gasteiger partial charge in [-0.15, -0.1) is 0 Å². The van der Waals surface area contributed by atoms with Crippen LogP contribution in [0.3, 0.4) is 0 Å². The van der Waals surface area contributed by atoms with Crippen molar-refractivity contribution in [2.45, 2.75) is 12.3 Å². The first-order chi connectivity index (χ1) is 9.75. The Kier molecular flexibility index (Phi) is 1.72. The summed E-state index contributed by atoms with van der Waals surface area (Å²) < 4.78 is 1.34. The third-order valence-corrected chi connectivity index (χ3v) is 5.06. The molecule has 1 aliphatic heterocycles. The van der Waals surface area contributed by atoms with Crippen molar-refractivity contribution >= 4 is 16.8 Å². The van der Waals surface area contributed by atoms with Crippen molar-refractivity contribution in [1.82, 2.24) is 9.55 Å². The van der Waals surface area contributed by atoms with E-state index in [0.717, 1.165) is 6.42 Å². The molecule has 0 radical (unpaired) electrons. The molecule has 98 valence electrons. The fourth-order valence-electron chi connectivity index (χ4n) is 4.25. The first kappa shape index (κ1) is 10.5. The predicted molar refractivity (Wildman–Crippen MR) is 73.6 cm³/mol. The molecule has 2 aromatic rings. The first-order valence-corrected chi connectivity index (χ1v) is 7.00. The number of carbonyl (C=O) groups is 1. The van der Waals surface area contributed by atoms with Gasteiger partial charge in [-0.3, -0.25) is 9.59 Å². The normalized spacial score (nSPS) is 32.9. The maximum absolute atomic E-state index is 12.6. The Labute approximate surface area is 114 Å². The van der Waals surface area contributed by atoms with Gasteiger partial charge >= 0.3 is 0 Å². The fourth-order valence-corrected chi connectivity index (χ4v) is 4.25. The third-order valence-electron chi connectivity index (χ3n) is 5.06. The Balaban J connectivity index is 1.88. The molecule has 2 heterocycles. The molecule has 2 bridgehead atoms. The van der Waals surface area contributed by atoms with E-state index in [1.807, 2.05) is 18.2 Å². The van der Waals surface area contributed by atoms with E-state index in [2.05, 4.69) is 17.1 Å². The van der Waals surface area contributed by atoms with Gasteiger partial charge in [0, 0.05) is 5.92 Å². The molecular weight excluding hydrogens is 252 g/mol. The molecule has 1 aromatic heterocycles. The van der Waals surface area contributed by atoms with Crippen LogP contribution in [0.25, 0.3) is 10.9 Å². The lowest BCUT2D eigenvalue weighted by Crippen LogP contribution is -2.29. The van der Waals surface area contributed by atoms with Crippen LogP contribution >= 0.6 is 0 Å². The zero-order chi connectivity index (χ0) is 13.4. The quantitative estimate of drug-likeness (QED) is 0.683. The molecule has 0 N–H and O–H groups in total. The molecule has 4 nitrogen and oxygen atoms in total. The molecule has 1 saturated carbocycles. The highest BCUT2D eigenvalue weighted by Crippen LogP contribution is 2.55. The van der Waals surface area contributed by atoms with Crippen molar-refractivity contribution in [2.24, 2.45) is 17.8 Å². The summed E-state index contributed by atoms with van der Waals surface area (Å²) >= 11 is 0. The van der Waals surface area contributed by atoms with Crippen molar-refractivity contribution in [3.8, 4) is 0 Å². The lowest BCUT2D eigenvalue weighted by molar-refractivity contribution is 0.0838. The van der Waals surface area contributed by atoms with Crippen LogP contribution in [-0.2, 0) is 0 Å². The molecule has 0 unspecified atom stereocenters. The van der Waals surface area contributed by atoms with Crippen LogP contribution in [0.15, 0.2) is 41.2 Å². The van der Waals surface area contributed by atoms with Crippen LogP contribution in [0.1, 0.15) is 23.0 Å². The average Bonchev–Trinajstić information content (AvgIpc) is 3.13. The van der Waals surface area contributed by atoms with Gasteiger partial charge in [0.15, 0.2) is 0 Å². The number of hydrogen-bond donors (Lipinski definition) is 0. The second-order valence-electron chi connectivity index (χ2n) is 5.97. The number of nitrogens with zero attached hydrogens (tertiary/aromatic N) is 2. The third kappa shape index (κ3) is 1.03. The smallest absolute Gasteiger partial charge is 0.268 e. The van der Waals surface area contributed by atoms with Gasteiger partial charge in [-0.1, -0.05) is 24.3 Å². The van der Waals surface area contributed by atoms with E-state index in [0.29, 0.717) is 28.6 Å². The maximum atomic E-state index is 12.6. The highest BCUT2D eigenvalue weighted by Gasteiger charge is 2.55. The molecule has 0 amide bonds. The van der Waals surface area contributed by atoms with Gasteiger partial charge in [0.25, 0.3) is 5.56 Å². The van der Waals surface area contributed by atoms with E-state index in [9.17, 15) is 9.59 Å². The minimum Gasteiger partial charge on any atom is -0.274 e. The predicted octanol–water partition coefficient (Wildman–Crippen LogP) is 1.96. The topological polar surface area (TPSA) is 52.0 Å². The van der Waals surface area contributed by atoms with Crippen molar-refractivity contribution in [3.63, 3.8) is 0 Å². The Bertz CT molecular complexity index is 864. The molecule has 1 aromatic carbocycles. The summed E-state index contributed by atoms with van der Waals surface area (Å²) in [4.78, 5) is 29.8. The maximum Gasteiger partial charge on any atom is 0.268 e. The van der Waals surface area contributed by atoms with Gasteiger partial charge in [0.05, 0.1) is 16.8 Å². The number of rotatable bonds is 0. The van der Waals surface area contributed by atoms with E-state index in [1.54, 1.807) is 6.07 Å². The Morgan fingerprint density at radius 1 is 1.05 bits per heavy atom. The van der Waals surface area contributed by atoms with E-state index in [4.69, 9.17) is 0 Å². The Hall–Kier alpha value is -2.23. The Morgan fingerprint density at radius 2 is 1.80 bits per heavy atom. The minimum absolute atomic E-state index is 0.0508. The largest absolute Gasteiger partial charge is 0.274 e. The number of carbonyl (C=O) groups excluding carboxylic acids is 1. The molecule has 5 rings (SSSR count). The summed E-state index contributed by atoms with van der Waals surface area (Å²) in [6.07, 6.45) is 5.36. The van der Waals surface area contributed by atoms with Crippen LogP contribution in [-0.4, -0.2) is 15.5 Å². The molecule has 4 heteroatoms. The first-order valence-electron chi connectivity index (χ1n) is 7.00. The van der Waals surface area contributed by atoms with Crippen molar-refractivity contribution < 1.29 is 4.79 Å². The van der Waals surface area contributed by atoms with Crippen LogP contribution < -0.4 is 5.56 Å². The molecule has 0 spiro atoms. The summed E-state index contributed by atoms with van der Waals surface area (Å²) in [6.45, 7) is 0. The lowest BCUT2D eigenvalue weighted by atomic mass is 9.85. The van der Waals surface area contributed by atoms with Gasteiger partial charge in [0.2, 0.25) is 5.91 Å². The molecule has 20 heavy (non-hydrogen) atoms. The van der Waals surface area contributed by atoms with Crippen molar-refractivity contribution in [3.05, 3.63) is 52.6 Å². The lowest BCUT2D eigenvalue weighted by Gasteiger charge is -2.16. The number of para-hydroxylation sites is 1. The molecule has 2 aliphatic carbocycles. The number of aromatic nitrogens is 2. The highest BCUT2D eigenvalue weighted by molar-refractivity contribution is 5.90. The van der Waals surface area contributed by atoms with Gasteiger partial charge in [-0.2, -0.15) is 0 Å². The van der Waals surface area contributed by atoms with Gasteiger partial charge in [-0.05, 0) is 30.4 Å². The molecule has 3 aliphatic rings. The summed E-state index contributed by atoms with van der Waals surface area (Å²) in [7, 11) is 0. The Morgan fingerprint density at radius 3 is 2.65 bits per heavy atom. The van der Waals surface area contributed by atoms with E-state index in [-0.39, 0.29) is 23.3 Å². The zero-order valence-corrected chi connectivity index (χ0v) is 10.7. The highest BCUT2D eigenvalue weighted by atomic mass is 16.2. The monoisotopic (exact) mass is 264 g/mol. The minimum atomic E-state index is -0.204. The summed E-state index contributed by atoms with van der Waals surface area (Å²) in [5.41, 5.74) is 0.494. The van der Waals surface area contributed by atoms with E-state index < -0.39 is 0 Å². The van der Waals surface area contributed by atoms with Gasteiger partial charge in [-0.25, -0.2) is 9.55 Å². The standard InChI is InChI=1S/C16H12N2O2/c19-15-10-3-1-2-4-11(10)17-14-12-8-5-6-9(7-8)13(12)16(20)18(14)15/h1-6,8-9,12-13H,7H2/t8-,9+,12-,13+/m1/s1. The number of fused-ring (bicyclic) bond motifs is 8. The van der Waals surface area contributed by atoms with E-state index in [1.165, 1.54) is 4.57 Å². The molecule has 4 atom stereocenters. The van der Waals surface area contributed by atoms with Crippen LogP contribution in [0, 0.1) is 17.8 Å². The fraction of sp³-hybridized carbons (Fsp3) is 0.312. The van der Waals surface area contributed by atoms with Crippen molar-refractivity contribution in [2.75, 3.05) is 0 Å². The number of benzene rings is 1. The molecular formula is C16H12N2O2. The molecule has 1 fully saturated rings. The zero-order valence-electron chi connectivity index (χ0n) is 10.7. The van der Waals surface area contributed by atoms with E-state index >= 15 is 0 Å². The second kappa shape index (κ2) is 3.26. The van der Waals surface area contributed by atoms with Crippen LogP contribution in [0.4, 0.5) is 0 Å². The number of hydrogen-bond acceptors (Lipinski definition) is 3. The summed E-state index contributed by atoms with van der Waals surface area (Å²) in [5.74, 6) is 1.33. The van der Waals surface area contributed by atoms with Crippen LogP contribution in [0.2, 0.25) is 0 Å². The number of allylic oxidation sites excluding steroid dienone is 2. The SMILES string of the molecule is O=C1[C@@H]2[C@H](c3nc4ccccc4c(=O)n31)[C@@H]1C=C[C@H]2C1. The van der Waals surface area contributed by atoms with Gasteiger partial charge in [0.1, 0.15) is 5.82 Å². The second-order valence-corrected chi connectivity index (χ2v) is 5.97. The summed E-state index contributed by atoms with van der Waals surface area (Å²) in [6, 6.07) is 7.27. The summed E-state index contributed by atoms with van der Waals surface area (Å²) in [5, 5.41) is 0.532. The van der Waals surface area contributed by atoms with Crippen LogP contribution in [0.5, 0.6) is 0 Å². The molecule has 0 saturated heterocycles.